The summed E-state index contributed by atoms with van der Waals surface area (Å²) in [5.74, 6) is 1.43. The number of rotatable bonds is 16. The van der Waals surface area contributed by atoms with Crippen LogP contribution in [0.2, 0.25) is 0 Å². The van der Waals surface area contributed by atoms with Crippen molar-refractivity contribution in [2.75, 3.05) is 13.2 Å². The molecule has 37 heavy (non-hydrogen) atoms. The lowest BCUT2D eigenvalue weighted by atomic mass is 9.99. The topological polar surface area (TPSA) is 48.7 Å². The van der Waals surface area contributed by atoms with Crippen molar-refractivity contribution in [3.63, 3.8) is 0 Å². The summed E-state index contributed by atoms with van der Waals surface area (Å²) in [5, 5.41) is 4.45. The molecule has 4 heteroatoms. The Kier molecular flexibility index (Phi) is 10.3. The molecule has 4 rings (SSSR count). The molecule has 0 spiro atoms. The van der Waals surface area contributed by atoms with Crippen LogP contribution in [0.3, 0.4) is 0 Å². The lowest BCUT2D eigenvalue weighted by molar-refractivity contribution is 0.291. The predicted octanol–water partition coefficient (Wildman–Crippen LogP) is 9.58. The summed E-state index contributed by atoms with van der Waals surface area (Å²) < 4.78 is 18.4. The van der Waals surface area contributed by atoms with Crippen molar-refractivity contribution < 1.29 is 13.9 Å². The van der Waals surface area contributed by atoms with E-state index in [0.717, 1.165) is 46.6 Å². The zero-order valence-corrected chi connectivity index (χ0v) is 22.7. The zero-order chi connectivity index (χ0) is 25.9. The molecule has 0 bridgehead atoms. The van der Waals surface area contributed by atoms with Crippen molar-refractivity contribution in [1.29, 1.82) is 0 Å². The number of hydrogen-bond donors (Lipinski definition) is 0. The second-order valence-electron chi connectivity index (χ2n) is 10.1. The second-order valence-corrected chi connectivity index (χ2v) is 10.1. The number of unbranched alkanes of at least 4 members (excludes halogenated alkanes) is 10. The Balaban J connectivity index is 1.63. The maximum atomic E-state index is 13.0. The minimum absolute atomic E-state index is 0.330. The lowest BCUT2D eigenvalue weighted by Crippen LogP contribution is -2.04. The molecule has 3 aromatic carbocycles. The smallest absolute Gasteiger partial charge is 0.344 e. The van der Waals surface area contributed by atoms with Gasteiger partial charge in [-0.05, 0) is 29.7 Å². The van der Waals surface area contributed by atoms with Crippen LogP contribution in [0.5, 0.6) is 11.5 Å². The molecule has 0 saturated heterocycles. The Labute approximate surface area is 221 Å². The highest BCUT2D eigenvalue weighted by Gasteiger charge is 2.17. The van der Waals surface area contributed by atoms with E-state index in [1.807, 2.05) is 36.4 Å². The normalized spacial score (nSPS) is 11.5. The molecule has 1 heterocycles. The fraction of sp³-hybridized carbons (Fsp3) is 0.485. The highest BCUT2D eigenvalue weighted by atomic mass is 16.5. The predicted molar refractivity (Wildman–Crippen MR) is 155 cm³/mol. The van der Waals surface area contributed by atoms with Gasteiger partial charge in [0, 0.05) is 17.5 Å². The average Bonchev–Trinajstić information content (AvgIpc) is 2.91. The highest BCUT2D eigenvalue weighted by molar-refractivity contribution is 6.20. The molecule has 0 fully saturated rings. The molecular weight excluding hydrogens is 460 g/mol. The Bertz CT molecular complexity index is 1340. The molecule has 0 saturated carbocycles. The SMILES string of the molecule is CCCCCCCCOc1cc(OCCCCCCCC)c2c(c1)oc(=O)c1ccc3ccccc3c12. The molecule has 0 aliphatic carbocycles. The summed E-state index contributed by atoms with van der Waals surface area (Å²) in [6, 6.07) is 15.9. The largest absolute Gasteiger partial charge is 0.493 e. The van der Waals surface area contributed by atoms with Gasteiger partial charge in [-0.3, -0.25) is 0 Å². The average molecular weight is 503 g/mol. The van der Waals surface area contributed by atoms with Crippen molar-refractivity contribution >= 4 is 32.5 Å². The number of hydrogen-bond acceptors (Lipinski definition) is 4. The van der Waals surface area contributed by atoms with Crippen molar-refractivity contribution in [1.82, 2.24) is 0 Å². The third-order valence-electron chi connectivity index (χ3n) is 7.16. The fourth-order valence-electron chi connectivity index (χ4n) is 5.09. The number of benzene rings is 3. The van der Waals surface area contributed by atoms with E-state index in [0.29, 0.717) is 29.9 Å². The van der Waals surface area contributed by atoms with Gasteiger partial charge in [-0.1, -0.05) is 108 Å². The first kappa shape index (κ1) is 27.0. The standard InChI is InChI=1S/C33H42O4/c1-3-5-7-9-11-15-21-35-26-23-29(36-22-16-12-10-8-6-4-2)32-30(24-26)37-33(34)28-20-19-25-17-13-14-18-27(25)31(28)32/h13-14,17-20,23-24H,3-12,15-16,21-22H2,1-2H3. The Hall–Kier alpha value is -3.01. The summed E-state index contributed by atoms with van der Waals surface area (Å²) in [6.07, 6.45) is 14.5. The second kappa shape index (κ2) is 14.1. The van der Waals surface area contributed by atoms with Crippen LogP contribution in [0, 0.1) is 0 Å². The Morgan fingerprint density at radius 3 is 2.03 bits per heavy atom. The van der Waals surface area contributed by atoms with Crippen molar-refractivity contribution in [3.05, 3.63) is 59.0 Å². The van der Waals surface area contributed by atoms with Crippen LogP contribution in [0.25, 0.3) is 32.5 Å². The van der Waals surface area contributed by atoms with Crippen LogP contribution in [0.1, 0.15) is 90.9 Å². The molecule has 0 radical (unpaired) electrons. The van der Waals surface area contributed by atoms with E-state index in [4.69, 9.17) is 13.9 Å². The first-order valence-corrected chi connectivity index (χ1v) is 14.4. The van der Waals surface area contributed by atoms with Gasteiger partial charge in [0.2, 0.25) is 0 Å². The highest BCUT2D eigenvalue weighted by Crippen LogP contribution is 2.38. The fourth-order valence-corrected chi connectivity index (χ4v) is 5.09. The summed E-state index contributed by atoms with van der Waals surface area (Å²) in [5.41, 5.74) is 0.190. The van der Waals surface area contributed by atoms with Crippen molar-refractivity contribution in [2.24, 2.45) is 0 Å². The van der Waals surface area contributed by atoms with Gasteiger partial charge < -0.3 is 13.9 Å². The maximum Gasteiger partial charge on any atom is 0.344 e. The van der Waals surface area contributed by atoms with Crippen molar-refractivity contribution in [2.45, 2.75) is 90.9 Å². The van der Waals surface area contributed by atoms with E-state index >= 15 is 0 Å². The van der Waals surface area contributed by atoms with Gasteiger partial charge in [0.15, 0.2) is 0 Å². The van der Waals surface area contributed by atoms with Gasteiger partial charge in [0.1, 0.15) is 17.1 Å². The molecule has 1 aromatic heterocycles. The number of fused-ring (bicyclic) bond motifs is 5. The minimum atomic E-state index is -0.330. The van der Waals surface area contributed by atoms with Gasteiger partial charge in [-0.2, -0.15) is 0 Å². The monoisotopic (exact) mass is 502 g/mol. The van der Waals surface area contributed by atoms with Crippen molar-refractivity contribution in [3.8, 4) is 11.5 Å². The molecule has 4 nitrogen and oxygen atoms in total. The molecular formula is C33H42O4. The lowest BCUT2D eigenvalue weighted by Gasteiger charge is -2.15. The molecule has 0 aliphatic heterocycles. The molecule has 198 valence electrons. The first-order valence-electron chi connectivity index (χ1n) is 14.4. The van der Waals surface area contributed by atoms with Gasteiger partial charge in [-0.15, -0.1) is 0 Å². The minimum Gasteiger partial charge on any atom is -0.493 e. The maximum absolute atomic E-state index is 13.0. The van der Waals surface area contributed by atoms with Crippen LogP contribution in [-0.4, -0.2) is 13.2 Å². The quantitative estimate of drug-likeness (QED) is 0.0869. The molecule has 0 unspecified atom stereocenters. The third-order valence-corrected chi connectivity index (χ3v) is 7.16. The molecule has 0 atom stereocenters. The zero-order valence-electron chi connectivity index (χ0n) is 22.7. The van der Waals surface area contributed by atoms with Crippen LogP contribution in [0.4, 0.5) is 0 Å². The summed E-state index contributed by atoms with van der Waals surface area (Å²) in [6.45, 7) is 5.75. The Morgan fingerprint density at radius 2 is 1.30 bits per heavy atom. The van der Waals surface area contributed by atoms with E-state index in [2.05, 4.69) is 26.0 Å². The van der Waals surface area contributed by atoms with Crippen LogP contribution in [0.15, 0.2) is 57.7 Å². The van der Waals surface area contributed by atoms with E-state index in [1.54, 1.807) is 0 Å². The van der Waals surface area contributed by atoms with Gasteiger partial charge in [0.05, 0.1) is 24.0 Å². The van der Waals surface area contributed by atoms with Crippen LogP contribution >= 0.6 is 0 Å². The molecule has 0 amide bonds. The van der Waals surface area contributed by atoms with E-state index in [1.165, 1.54) is 57.8 Å². The van der Waals surface area contributed by atoms with Gasteiger partial charge >= 0.3 is 5.63 Å². The molecule has 0 N–H and O–H groups in total. The van der Waals surface area contributed by atoms with Gasteiger partial charge in [0.25, 0.3) is 0 Å². The summed E-state index contributed by atoms with van der Waals surface area (Å²) >= 11 is 0. The summed E-state index contributed by atoms with van der Waals surface area (Å²) in [7, 11) is 0. The first-order chi connectivity index (χ1) is 18.2. The van der Waals surface area contributed by atoms with E-state index in [9.17, 15) is 4.79 Å². The van der Waals surface area contributed by atoms with E-state index < -0.39 is 0 Å². The van der Waals surface area contributed by atoms with Crippen LogP contribution in [-0.2, 0) is 0 Å². The molecule has 0 aliphatic rings. The number of ether oxygens (including phenoxy) is 2. The van der Waals surface area contributed by atoms with E-state index in [-0.39, 0.29) is 5.63 Å². The van der Waals surface area contributed by atoms with Gasteiger partial charge in [-0.25, -0.2) is 4.79 Å². The third kappa shape index (κ3) is 7.06. The Morgan fingerprint density at radius 1 is 0.649 bits per heavy atom. The molecule has 4 aromatic rings. The summed E-state index contributed by atoms with van der Waals surface area (Å²) in [4.78, 5) is 13.0. The van der Waals surface area contributed by atoms with Crippen LogP contribution < -0.4 is 15.1 Å².